The normalized spacial score (nSPS) is 17.4. The molecular formula is C11H22N2O3. The van der Waals surface area contributed by atoms with Crippen LogP contribution in [0.25, 0.3) is 0 Å². The SMILES string of the molecule is COCCN1CCN(C(C)(C)COC)C1=O. The summed E-state index contributed by atoms with van der Waals surface area (Å²) in [7, 11) is 3.30. The van der Waals surface area contributed by atoms with Crippen molar-refractivity contribution in [1.29, 1.82) is 0 Å². The number of carbonyl (C=O) groups is 1. The second kappa shape index (κ2) is 5.50. The van der Waals surface area contributed by atoms with E-state index in [0.29, 0.717) is 19.8 Å². The molecule has 2 amide bonds. The molecular weight excluding hydrogens is 208 g/mol. The Balaban J connectivity index is 2.56. The van der Waals surface area contributed by atoms with Crippen LogP contribution in [-0.4, -0.2) is 68.4 Å². The molecule has 16 heavy (non-hydrogen) atoms. The van der Waals surface area contributed by atoms with Gasteiger partial charge >= 0.3 is 6.03 Å². The monoisotopic (exact) mass is 230 g/mol. The summed E-state index contributed by atoms with van der Waals surface area (Å²) in [6, 6.07) is 0.0825. The number of hydrogen-bond acceptors (Lipinski definition) is 3. The number of amides is 2. The topological polar surface area (TPSA) is 42.0 Å². The highest BCUT2D eigenvalue weighted by atomic mass is 16.5. The van der Waals surface area contributed by atoms with Gasteiger partial charge in [-0.1, -0.05) is 0 Å². The summed E-state index contributed by atoms with van der Waals surface area (Å²) >= 11 is 0. The first-order valence-electron chi connectivity index (χ1n) is 5.57. The van der Waals surface area contributed by atoms with E-state index in [-0.39, 0.29) is 11.6 Å². The Bertz CT molecular complexity index is 243. The molecule has 5 nitrogen and oxygen atoms in total. The third-order valence-electron chi connectivity index (χ3n) is 2.89. The van der Waals surface area contributed by atoms with Crippen molar-refractivity contribution in [2.75, 3.05) is 47.1 Å². The lowest BCUT2D eigenvalue weighted by Crippen LogP contribution is -2.49. The molecule has 0 N–H and O–H groups in total. The summed E-state index contributed by atoms with van der Waals surface area (Å²) in [6.45, 7) is 7.38. The molecule has 0 radical (unpaired) electrons. The van der Waals surface area contributed by atoms with Crippen molar-refractivity contribution in [3.63, 3.8) is 0 Å². The van der Waals surface area contributed by atoms with E-state index in [1.807, 2.05) is 23.6 Å². The van der Waals surface area contributed by atoms with Crippen LogP contribution in [0.1, 0.15) is 13.8 Å². The van der Waals surface area contributed by atoms with Crippen LogP contribution >= 0.6 is 0 Å². The third kappa shape index (κ3) is 2.86. The van der Waals surface area contributed by atoms with Crippen LogP contribution in [0.5, 0.6) is 0 Å². The second-order valence-electron chi connectivity index (χ2n) is 4.66. The predicted octanol–water partition coefficient (Wildman–Crippen LogP) is 0.795. The van der Waals surface area contributed by atoms with Crippen LogP contribution in [0, 0.1) is 0 Å². The molecule has 1 saturated heterocycles. The van der Waals surface area contributed by atoms with Crippen LogP contribution in [0.4, 0.5) is 4.79 Å². The summed E-state index contributed by atoms with van der Waals surface area (Å²) in [6.07, 6.45) is 0. The molecule has 0 aliphatic carbocycles. The van der Waals surface area contributed by atoms with E-state index in [9.17, 15) is 4.79 Å². The van der Waals surface area contributed by atoms with Gasteiger partial charge in [0.1, 0.15) is 0 Å². The Labute approximate surface area is 97.3 Å². The zero-order valence-electron chi connectivity index (χ0n) is 10.7. The fourth-order valence-corrected chi connectivity index (χ4v) is 1.98. The molecule has 94 valence electrons. The van der Waals surface area contributed by atoms with Gasteiger partial charge in [-0.2, -0.15) is 0 Å². The minimum absolute atomic E-state index is 0.0825. The maximum absolute atomic E-state index is 12.1. The Hall–Kier alpha value is -0.810. The first-order chi connectivity index (χ1) is 7.53. The fraction of sp³-hybridized carbons (Fsp3) is 0.909. The van der Waals surface area contributed by atoms with E-state index in [2.05, 4.69) is 0 Å². The first-order valence-corrected chi connectivity index (χ1v) is 5.57. The van der Waals surface area contributed by atoms with Crippen molar-refractivity contribution in [1.82, 2.24) is 9.80 Å². The molecule has 1 heterocycles. The highest BCUT2D eigenvalue weighted by Crippen LogP contribution is 2.21. The van der Waals surface area contributed by atoms with Crippen molar-refractivity contribution in [3.8, 4) is 0 Å². The molecule has 1 aliphatic heterocycles. The molecule has 0 aromatic carbocycles. The van der Waals surface area contributed by atoms with Gasteiger partial charge in [-0.25, -0.2) is 4.79 Å². The highest BCUT2D eigenvalue weighted by Gasteiger charge is 2.38. The Morgan fingerprint density at radius 1 is 1.25 bits per heavy atom. The molecule has 0 aromatic heterocycles. The minimum Gasteiger partial charge on any atom is -0.383 e. The Kier molecular flexibility index (Phi) is 4.56. The van der Waals surface area contributed by atoms with E-state index in [4.69, 9.17) is 9.47 Å². The van der Waals surface area contributed by atoms with E-state index in [0.717, 1.165) is 13.1 Å². The van der Waals surface area contributed by atoms with Crippen LogP contribution in [0.3, 0.4) is 0 Å². The van der Waals surface area contributed by atoms with Gasteiger partial charge in [-0.05, 0) is 13.8 Å². The number of nitrogens with zero attached hydrogens (tertiary/aromatic N) is 2. The molecule has 1 aliphatic rings. The lowest BCUT2D eigenvalue weighted by atomic mass is 10.1. The molecule has 5 heteroatoms. The summed E-state index contributed by atoms with van der Waals surface area (Å²) < 4.78 is 10.1. The molecule has 0 atom stereocenters. The molecule has 1 rings (SSSR count). The van der Waals surface area contributed by atoms with Gasteiger partial charge in [0.2, 0.25) is 0 Å². The molecule has 0 aromatic rings. The van der Waals surface area contributed by atoms with Gasteiger partial charge in [0, 0.05) is 33.9 Å². The van der Waals surface area contributed by atoms with E-state index in [1.54, 1.807) is 14.2 Å². The fourth-order valence-electron chi connectivity index (χ4n) is 1.98. The molecule has 1 fully saturated rings. The van der Waals surface area contributed by atoms with Crippen LogP contribution in [-0.2, 0) is 9.47 Å². The molecule has 0 bridgehead atoms. The van der Waals surface area contributed by atoms with Crippen molar-refractivity contribution >= 4 is 6.03 Å². The maximum atomic E-state index is 12.1. The Morgan fingerprint density at radius 3 is 2.50 bits per heavy atom. The van der Waals surface area contributed by atoms with Gasteiger partial charge in [0.05, 0.1) is 18.8 Å². The highest BCUT2D eigenvalue weighted by molar-refractivity contribution is 5.77. The summed E-state index contributed by atoms with van der Waals surface area (Å²) in [4.78, 5) is 15.8. The van der Waals surface area contributed by atoms with E-state index < -0.39 is 0 Å². The second-order valence-corrected chi connectivity index (χ2v) is 4.66. The summed E-state index contributed by atoms with van der Waals surface area (Å²) in [5.74, 6) is 0. The van der Waals surface area contributed by atoms with Gasteiger partial charge in [-0.15, -0.1) is 0 Å². The average molecular weight is 230 g/mol. The Morgan fingerprint density at radius 2 is 1.94 bits per heavy atom. The van der Waals surface area contributed by atoms with Crippen LogP contribution in [0.2, 0.25) is 0 Å². The minimum atomic E-state index is -0.242. The zero-order valence-corrected chi connectivity index (χ0v) is 10.7. The van der Waals surface area contributed by atoms with Crippen molar-refractivity contribution in [2.24, 2.45) is 0 Å². The number of ether oxygens (including phenoxy) is 2. The number of carbonyl (C=O) groups excluding carboxylic acids is 1. The number of methoxy groups -OCH3 is 2. The van der Waals surface area contributed by atoms with Gasteiger partial charge in [0.25, 0.3) is 0 Å². The molecule has 0 saturated carbocycles. The van der Waals surface area contributed by atoms with Crippen molar-refractivity contribution in [2.45, 2.75) is 19.4 Å². The van der Waals surface area contributed by atoms with Gasteiger partial charge < -0.3 is 19.3 Å². The summed E-state index contributed by atoms with van der Waals surface area (Å²) in [5.41, 5.74) is -0.242. The van der Waals surface area contributed by atoms with Crippen molar-refractivity contribution in [3.05, 3.63) is 0 Å². The third-order valence-corrected chi connectivity index (χ3v) is 2.89. The standard InChI is InChI=1S/C11H22N2O3/c1-11(2,9-16-4)13-6-5-12(10(13)14)7-8-15-3/h5-9H2,1-4H3. The number of urea groups is 1. The summed E-state index contributed by atoms with van der Waals surface area (Å²) in [5, 5.41) is 0. The van der Waals surface area contributed by atoms with Gasteiger partial charge in [0.15, 0.2) is 0 Å². The van der Waals surface area contributed by atoms with Gasteiger partial charge in [-0.3, -0.25) is 0 Å². The first kappa shape index (κ1) is 13.3. The van der Waals surface area contributed by atoms with Crippen LogP contribution < -0.4 is 0 Å². The smallest absolute Gasteiger partial charge is 0.320 e. The average Bonchev–Trinajstić information content (AvgIpc) is 2.57. The number of hydrogen-bond donors (Lipinski definition) is 0. The van der Waals surface area contributed by atoms with Crippen LogP contribution in [0.15, 0.2) is 0 Å². The lowest BCUT2D eigenvalue weighted by molar-refractivity contribution is 0.0634. The molecule has 0 unspecified atom stereocenters. The predicted molar refractivity (Wildman–Crippen MR) is 61.5 cm³/mol. The van der Waals surface area contributed by atoms with E-state index >= 15 is 0 Å². The molecule has 0 spiro atoms. The largest absolute Gasteiger partial charge is 0.383 e. The maximum Gasteiger partial charge on any atom is 0.320 e. The van der Waals surface area contributed by atoms with Crippen molar-refractivity contribution < 1.29 is 14.3 Å². The quantitative estimate of drug-likeness (QED) is 0.677. The zero-order chi connectivity index (χ0) is 12.2. The van der Waals surface area contributed by atoms with E-state index in [1.165, 1.54) is 0 Å². The lowest BCUT2D eigenvalue weighted by Gasteiger charge is -2.34. The number of rotatable bonds is 6.